The molecule has 774 valence electrons. The number of aryl methyl sites for hydroxylation is 7. The molecule has 15 rings (SSSR count). The summed E-state index contributed by atoms with van der Waals surface area (Å²) in [5, 5.41) is 83.9. The molecule has 0 bridgehead atoms. The number of aromatic nitrogens is 22. The number of thioether (sulfide) groups is 4. The zero-order chi connectivity index (χ0) is 106. The molecule has 15 N–H and O–H groups in total. The fourth-order valence-electron chi connectivity index (χ4n) is 12.3. The number of aliphatic hydroxyl groups excluding tert-OH is 2. The normalized spacial score (nSPS) is 12.3. The van der Waals surface area contributed by atoms with Gasteiger partial charge in [0.05, 0.1) is 79.0 Å². The number of hydrogen-bond donors (Lipinski definition) is 14. The molecule has 13 aromatic rings. The molecule has 13 heterocycles. The van der Waals surface area contributed by atoms with Crippen molar-refractivity contribution >= 4 is 202 Å². The van der Waals surface area contributed by atoms with Crippen molar-refractivity contribution in [3.8, 4) is 5.40 Å². The number of anilines is 8. The molecule has 2 aliphatic heterocycles. The number of amides is 4. The van der Waals surface area contributed by atoms with Gasteiger partial charge in [0.1, 0.15) is 28.2 Å². The van der Waals surface area contributed by atoms with Crippen molar-refractivity contribution < 1.29 is 61.6 Å². The smallest absolute Gasteiger partial charge is 0.413 e. The number of rotatable bonds is 22. The SMILES string of the molecule is CCO.CCOC(=O)NC(=S)Nc1[nH]ncc1CC.CCOC(=O)SC#N.CCc1cn[nH]c1N.CCc1cnn2c(=O)[nH]c(SC)nc12.CCc1cnn2c(Cl)nc(SC)nc12.CCc1cnn2c(Nc3cccc(NC(=O)OC(C)(C)C)c3)nc(S(C)(=O)=O)nc12.CCc1cnn2c(Nc3cccc(NC(=O)OC(C)(C)C)c3)nc(SC)nc12.CCc1cnn2c1CC(=S)NC2=O.OCC[C@@H]1CCCCN1. The first kappa shape index (κ1) is 119. The molecule has 2 aromatic carbocycles. The number of nitrogens with one attached hydrogen (secondary N) is 11. The number of alkyl carbamates (subject to hydrolysis) is 1. The van der Waals surface area contributed by atoms with Crippen LogP contribution in [0.15, 0.2) is 117 Å². The highest BCUT2D eigenvalue weighted by atomic mass is 35.5. The average molecular weight is 2130 g/mol. The Morgan fingerprint density at radius 2 is 1.07 bits per heavy atom. The number of ether oxygens (including phenoxy) is 4. The van der Waals surface area contributed by atoms with E-state index in [-0.39, 0.29) is 34.5 Å². The van der Waals surface area contributed by atoms with Gasteiger partial charge in [0.15, 0.2) is 43.2 Å². The minimum Gasteiger partial charge on any atom is -0.457 e. The van der Waals surface area contributed by atoms with Crippen LogP contribution in [-0.2, 0) is 80.2 Å². The molecule has 1 atom stereocenters. The van der Waals surface area contributed by atoms with E-state index in [0.29, 0.717) is 122 Å². The molecule has 1 fully saturated rings. The number of nitrogens with two attached hydrogens (primary N) is 1. The molecule has 0 unspecified atom stereocenters. The first-order chi connectivity index (χ1) is 68.1. The fraction of sp³-hybridized carbons (Fsp3) is 0.449. The summed E-state index contributed by atoms with van der Waals surface area (Å²) in [6, 6.07) is 14.5. The maximum absolute atomic E-state index is 12.0. The lowest BCUT2D eigenvalue weighted by Gasteiger charge is -2.22. The highest BCUT2D eigenvalue weighted by molar-refractivity contribution is 8.17. The van der Waals surface area contributed by atoms with Crippen molar-refractivity contribution in [2.75, 3.05) is 90.3 Å². The summed E-state index contributed by atoms with van der Waals surface area (Å²) >= 11 is 20.7. The number of thiocyanates is 1. The van der Waals surface area contributed by atoms with Crippen molar-refractivity contribution in [1.29, 1.82) is 5.26 Å². The Morgan fingerprint density at radius 1 is 0.594 bits per heavy atom. The second kappa shape index (κ2) is 60.0. The number of aromatic amines is 3. The van der Waals surface area contributed by atoms with Gasteiger partial charge < -0.3 is 56.2 Å². The van der Waals surface area contributed by atoms with Gasteiger partial charge >= 0.3 is 35.3 Å². The number of fused-ring (bicyclic) bond motifs is 5. The lowest BCUT2D eigenvalue weighted by Crippen LogP contribution is -2.41. The number of hydrogen-bond acceptors (Lipinski definition) is 39. The molecule has 0 spiro atoms. The van der Waals surface area contributed by atoms with Gasteiger partial charge in [-0.05, 0) is 218 Å². The van der Waals surface area contributed by atoms with E-state index in [0.717, 1.165) is 119 Å². The van der Waals surface area contributed by atoms with Gasteiger partial charge in [0.2, 0.25) is 27.0 Å². The molecule has 143 heavy (non-hydrogen) atoms. The van der Waals surface area contributed by atoms with Crippen molar-refractivity contribution in [2.24, 2.45) is 0 Å². The predicted octanol–water partition coefficient (Wildman–Crippen LogP) is 15.2. The maximum atomic E-state index is 12.0. The number of carbonyl (C=O) groups excluding carboxylic acids is 5. The van der Waals surface area contributed by atoms with Gasteiger partial charge in [0.25, 0.3) is 5.16 Å². The Labute approximate surface area is 860 Å². The number of piperidine rings is 1. The Balaban J connectivity index is 0.000000254. The molecular weight excluding hydrogens is 2000 g/mol. The summed E-state index contributed by atoms with van der Waals surface area (Å²) in [6.45, 7) is 32.4. The van der Waals surface area contributed by atoms with Crippen molar-refractivity contribution in [3.05, 3.63) is 152 Å². The Bertz CT molecular complexity index is 6550. The van der Waals surface area contributed by atoms with Crippen LogP contribution in [0.4, 0.5) is 70.3 Å². The van der Waals surface area contributed by atoms with Crippen LogP contribution in [-0.4, -0.2) is 242 Å². The van der Waals surface area contributed by atoms with E-state index in [1.165, 1.54) is 68.3 Å². The van der Waals surface area contributed by atoms with Crippen LogP contribution in [0.25, 0.3) is 22.6 Å². The zero-order valence-electron chi connectivity index (χ0n) is 83.3. The maximum Gasteiger partial charge on any atom is 0.413 e. The Morgan fingerprint density at radius 3 is 1.53 bits per heavy atom. The minimum absolute atomic E-state index is 0.178. The van der Waals surface area contributed by atoms with Crippen LogP contribution in [0.3, 0.4) is 0 Å². The van der Waals surface area contributed by atoms with Crippen LogP contribution in [0, 0.1) is 10.7 Å². The van der Waals surface area contributed by atoms with E-state index in [2.05, 4.69) is 152 Å². The Hall–Kier alpha value is -12.8. The number of halogens is 1. The molecule has 46 nitrogen and oxygen atoms in total. The van der Waals surface area contributed by atoms with E-state index < -0.39 is 44.6 Å². The summed E-state index contributed by atoms with van der Waals surface area (Å²) in [6.07, 6.45) is 28.5. The van der Waals surface area contributed by atoms with Crippen LogP contribution in [0.2, 0.25) is 5.28 Å². The molecule has 0 radical (unpaired) electrons. The minimum atomic E-state index is -3.63. The molecule has 0 aliphatic carbocycles. The number of carbonyl (C=O) groups is 5. The molecular formula is C89H125ClN32O14S7. The second-order valence-electron chi connectivity index (χ2n) is 31.7. The number of nitrogens with zero attached hydrogens (tertiary/aromatic N) is 20. The number of thiocarbonyl (C=S) groups is 2. The van der Waals surface area contributed by atoms with Crippen molar-refractivity contribution in [2.45, 2.75) is 226 Å². The number of sulfone groups is 1. The summed E-state index contributed by atoms with van der Waals surface area (Å²) in [5.41, 5.74) is 17.1. The number of nitrogen functional groups attached to an aromatic ring is 1. The van der Waals surface area contributed by atoms with Gasteiger partial charge in [-0.15, -0.1) is 0 Å². The molecule has 11 aromatic heterocycles. The third-order valence-corrected chi connectivity index (χ3v) is 22.5. The highest BCUT2D eigenvalue weighted by Gasteiger charge is 2.26. The quantitative estimate of drug-likeness (QED) is 0.00985. The topological polar surface area (TPSA) is 610 Å². The largest absolute Gasteiger partial charge is 0.457 e. The lowest BCUT2D eigenvalue weighted by molar-refractivity contribution is 0.0624. The Kier molecular flexibility index (Phi) is 49.9. The average Bonchev–Trinajstić information content (AvgIpc) is 1.66. The van der Waals surface area contributed by atoms with Crippen LogP contribution in [0.5, 0.6) is 0 Å². The molecule has 0 saturated carbocycles. The summed E-state index contributed by atoms with van der Waals surface area (Å²) < 4.78 is 51.1. The molecule has 54 heteroatoms. The van der Waals surface area contributed by atoms with Gasteiger partial charge in [-0.3, -0.25) is 36.4 Å². The van der Waals surface area contributed by atoms with Crippen molar-refractivity contribution in [3.63, 3.8) is 0 Å². The summed E-state index contributed by atoms with van der Waals surface area (Å²) in [4.78, 5) is 101. The van der Waals surface area contributed by atoms with E-state index in [4.69, 9.17) is 66.7 Å². The number of benzene rings is 2. The van der Waals surface area contributed by atoms with E-state index in [1.54, 1.807) is 136 Å². The molecule has 2 aliphatic rings. The zero-order valence-corrected chi connectivity index (χ0v) is 89.8. The van der Waals surface area contributed by atoms with Gasteiger partial charge in [-0.25, -0.2) is 52.1 Å². The highest BCUT2D eigenvalue weighted by Crippen LogP contribution is 2.28. The van der Waals surface area contributed by atoms with Crippen molar-refractivity contribution in [1.82, 2.24) is 124 Å². The van der Waals surface area contributed by atoms with Crippen LogP contribution < -0.4 is 54.0 Å². The van der Waals surface area contributed by atoms with Crippen LogP contribution in [0.1, 0.15) is 181 Å². The predicted molar refractivity (Wildman–Crippen MR) is 565 cm³/mol. The third kappa shape index (κ3) is 38.8. The standard InChI is InChI=1S/C19H24N6O4S.C19H24N6O2S.C9H14N4O2S.C8H9ClN4S.C8H10N4OS.C8H9N3OS.C7H15NO.C5H9N3.C4H5NO2S.C2H6O/c1-6-12-11-20-25-15(12)23-17(30(5,27)28)24-16(25)21-13-8-7-9-14(10-13)22-18(26)29-19(2,3)4;1-6-12-11-20-25-15(12)23-17(28-5)24-16(25)21-13-8-7-9-14(10-13)22-18(26)27-19(2,3)4;1-3-6-5-10-13-7(6)11-8(16)12-9(14)15-4-2;1-3-5-4-10-13-6(5)11-8(14-2)12-7(13)9;1-3-5-4-9-12-6(5)10-7(14-2)11-8(12)13;1-2-5-4-9-11-6(5)3-7(13)10-8(11)12;9-6-4-7-3-1-2-5-8-7;1-2-4-3-7-8-5(4)6;1-2-7-4(6)8-3-5;1-2-3/h7-11H,6H2,1-5H3,(H,22,26)(H,21,23,24);7-11H,6H2,1-5H3,(H,22,26)(H,21,23,24);5H,3-4H2,1-2H3,(H3,10,11,12,13,14,16);4H,3H2,1-2H3;4H,3H2,1-2H3,(H,10,11,13);4H,2-3H2,1H3,(H,10,12,13);7-9H,1-6H2;3H,2H2,1H3,(H3,6,7,8);2H2,1H3;3H,2H2,1H3/t;;;;;;7-;;;/m......0.../s1. The van der Waals surface area contributed by atoms with Gasteiger partial charge in [-0.2, -0.15) is 83.6 Å². The van der Waals surface area contributed by atoms with Crippen LogP contribution >= 0.6 is 83.1 Å². The molecule has 4 amide bonds. The summed E-state index contributed by atoms with van der Waals surface area (Å²) in [5.74, 6) is 2.12. The third-order valence-electron chi connectivity index (χ3n) is 18.9. The van der Waals surface area contributed by atoms with E-state index in [9.17, 15) is 37.2 Å². The monoisotopic (exact) mass is 2120 g/mol. The van der Waals surface area contributed by atoms with E-state index in [1.807, 2.05) is 86.3 Å². The fourth-order valence-corrected chi connectivity index (χ4v) is 14.8. The number of H-pyrrole nitrogens is 3. The second-order valence-corrected chi connectivity index (χ2v) is 37.9. The summed E-state index contributed by atoms with van der Waals surface area (Å²) in [7, 11) is -3.63. The molecule has 1 saturated heterocycles. The first-order valence-electron chi connectivity index (χ1n) is 45.2. The number of aliphatic hydroxyl groups is 2. The number of nitriles is 1. The van der Waals surface area contributed by atoms with Gasteiger partial charge in [-0.1, -0.05) is 115 Å². The van der Waals surface area contributed by atoms with E-state index >= 15 is 0 Å². The lowest BCUT2D eigenvalue weighted by atomic mass is 10.0. The van der Waals surface area contributed by atoms with Gasteiger partial charge in [0, 0.05) is 88.1 Å². The first-order valence-corrected chi connectivity index (χ1v) is 52.8.